The van der Waals surface area contributed by atoms with E-state index in [0.717, 1.165) is 33.4 Å². The number of carbonyl (C=O) groups is 2. The number of hydrogen-bond donors (Lipinski definition) is 0. The third-order valence-corrected chi connectivity index (χ3v) is 12.1. The van der Waals surface area contributed by atoms with Gasteiger partial charge in [0, 0.05) is 13.8 Å². The molecule has 2 aliphatic rings. The zero-order valence-corrected chi connectivity index (χ0v) is 40.1. The molecule has 10 atom stereocenters. The third kappa shape index (κ3) is 15.4. The summed E-state index contributed by atoms with van der Waals surface area (Å²) >= 11 is 0. The summed E-state index contributed by atoms with van der Waals surface area (Å²) in [4.78, 5) is 25.1. The van der Waals surface area contributed by atoms with Gasteiger partial charge in [0.1, 0.15) is 62.0 Å². The van der Waals surface area contributed by atoms with Crippen molar-refractivity contribution < 1.29 is 61.7 Å². The van der Waals surface area contributed by atoms with Gasteiger partial charge in [-0.15, -0.1) is 0 Å². The zero-order chi connectivity index (χ0) is 49.0. The molecule has 8 rings (SSSR count). The van der Waals surface area contributed by atoms with Crippen molar-refractivity contribution in [1.29, 1.82) is 0 Å². The Morgan fingerprint density at radius 3 is 0.803 bits per heavy atom. The monoisotopic (exact) mass is 966 g/mol. The molecule has 2 saturated heterocycles. The van der Waals surface area contributed by atoms with E-state index in [1.54, 1.807) is 0 Å². The Labute approximate surface area is 415 Å². The van der Waals surface area contributed by atoms with E-state index in [9.17, 15) is 9.59 Å². The maximum Gasteiger partial charge on any atom is 0.302 e. The molecule has 6 aromatic rings. The molecule has 6 aromatic carbocycles. The summed E-state index contributed by atoms with van der Waals surface area (Å²) < 4.78 is 73.6. The van der Waals surface area contributed by atoms with Crippen LogP contribution in [0, 0.1) is 0 Å². The van der Waals surface area contributed by atoms with E-state index in [4.69, 9.17) is 52.1 Å². The number of rotatable bonds is 24. The lowest BCUT2D eigenvalue weighted by atomic mass is 9.96. The fourth-order valence-corrected chi connectivity index (χ4v) is 8.51. The molecular weight excluding hydrogens is 905 g/mol. The van der Waals surface area contributed by atoms with Crippen LogP contribution in [-0.4, -0.2) is 86.6 Å². The van der Waals surface area contributed by atoms with Gasteiger partial charge < -0.3 is 52.1 Å². The molecule has 0 spiro atoms. The summed E-state index contributed by atoms with van der Waals surface area (Å²) in [5.41, 5.74) is 5.44. The Kier molecular flexibility index (Phi) is 19.4. The predicted molar refractivity (Wildman–Crippen MR) is 262 cm³/mol. The second-order valence-electron chi connectivity index (χ2n) is 17.4. The summed E-state index contributed by atoms with van der Waals surface area (Å²) in [5.74, 6) is -1.01. The molecule has 0 aliphatic carbocycles. The Balaban J connectivity index is 1.20. The van der Waals surface area contributed by atoms with E-state index < -0.39 is 73.4 Å². The van der Waals surface area contributed by atoms with Crippen LogP contribution < -0.4 is 0 Å². The van der Waals surface area contributed by atoms with Gasteiger partial charge >= 0.3 is 11.9 Å². The van der Waals surface area contributed by atoms with Gasteiger partial charge in [-0.2, -0.15) is 0 Å². The molecular formula is C58H62O13. The minimum absolute atomic E-state index is 0.146. The minimum Gasteiger partial charge on any atom is -0.463 e. The molecule has 0 bridgehead atoms. The van der Waals surface area contributed by atoms with Crippen LogP contribution in [0.5, 0.6) is 0 Å². The van der Waals surface area contributed by atoms with Gasteiger partial charge in [0.05, 0.1) is 39.6 Å². The first-order chi connectivity index (χ1) is 34.9. The highest BCUT2D eigenvalue weighted by Crippen LogP contribution is 2.37. The van der Waals surface area contributed by atoms with E-state index in [-0.39, 0.29) is 52.9 Å². The maximum atomic E-state index is 12.5. The van der Waals surface area contributed by atoms with Gasteiger partial charge in [-0.3, -0.25) is 9.59 Å². The van der Waals surface area contributed by atoms with Gasteiger partial charge in [-0.1, -0.05) is 182 Å². The standard InChI is InChI=1S/C58H62O13/c1-41(59)61-39-49-51(63-33-43-21-9-3-10-22-43)53(65-35-45-25-13-5-14-26-45)55(67-37-47-29-17-7-18-30-47)57(69-49)71-58-56(68-38-48-31-19-8-20-32-48)54(66-36-46-27-15-6-16-28-46)52(50(70-58)40-62-42(2)60)64-34-44-23-11-4-12-24-44/h3-32,49-58H,33-40H2,1-2H3/t49-,50-,51+,52+,53+,54+,55-,56-,57-,58-/m1/s1. The SMILES string of the molecule is CC(=O)OC[C@H]1O[C@H](O[C@H]2O[C@H](COC(C)=O)[C@H](OCc3ccccc3)[C@H](OCc3ccccc3)[C@H]2OCc2ccccc2)[C@H](OCc2ccccc2)[C@@H](OCc2ccccc2)[C@H]1OCc1ccccc1. The molecule has 13 nitrogen and oxygen atoms in total. The van der Waals surface area contributed by atoms with Crippen molar-refractivity contribution in [2.75, 3.05) is 13.2 Å². The summed E-state index contributed by atoms with van der Waals surface area (Å²) in [5, 5.41) is 0. The number of carbonyl (C=O) groups excluding carboxylic acids is 2. The number of ether oxygens (including phenoxy) is 11. The summed E-state index contributed by atoms with van der Waals surface area (Å²) in [7, 11) is 0. The maximum absolute atomic E-state index is 12.5. The van der Waals surface area contributed by atoms with Crippen LogP contribution in [-0.2, 0) is 101 Å². The summed E-state index contributed by atoms with van der Waals surface area (Å²) in [6.45, 7) is 3.32. The van der Waals surface area contributed by atoms with Crippen molar-refractivity contribution in [3.63, 3.8) is 0 Å². The van der Waals surface area contributed by atoms with Gasteiger partial charge in [-0.05, 0) is 33.4 Å². The van der Waals surface area contributed by atoms with E-state index in [1.165, 1.54) is 13.8 Å². The summed E-state index contributed by atoms with van der Waals surface area (Å²) in [6, 6.07) is 58.6. The fraction of sp³-hybridized carbons (Fsp3) is 0.345. The highest BCUT2D eigenvalue weighted by Gasteiger charge is 2.54. The second-order valence-corrected chi connectivity index (χ2v) is 17.4. The predicted octanol–water partition coefficient (Wildman–Crippen LogP) is 9.09. The van der Waals surface area contributed by atoms with E-state index in [1.807, 2.05) is 182 Å². The van der Waals surface area contributed by atoms with Crippen LogP contribution in [0.15, 0.2) is 182 Å². The molecule has 2 fully saturated rings. The second kappa shape index (κ2) is 26.9. The van der Waals surface area contributed by atoms with Crippen molar-refractivity contribution in [1.82, 2.24) is 0 Å². The van der Waals surface area contributed by atoms with E-state index in [2.05, 4.69) is 0 Å². The summed E-state index contributed by atoms with van der Waals surface area (Å²) in [6.07, 6.45) is -9.82. The highest BCUT2D eigenvalue weighted by molar-refractivity contribution is 5.66. The molecule has 71 heavy (non-hydrogen) atoms. The zero-order valence-electron chi connectivity index (χ0n) is 40.1. The first kappa shape index (κ1) is 51.3. The first-order valence-corrected chi connectivity index (χ1v) is 24.0. The normalized spacial score (nSPS) is 24.2. The average Bonchev–Trinajstić information content (AvgIpc) is 3.40. The van der Waals surface area contributed by atoms with E-state index in [0.29, 0.717) is 0 Å². The molecule has 0 amide bonds. The van der Waals surface area contributed by atoms with E-state index >= 15 is 0 Å². The van der Waals surface area contributed by atoms with Crippen LogP contribution >= 0.6 is 0 Å². The van der Waals surface area contributed by atoms with Crippen molar-refractivity contribution >= 4 is 11.9 Å². The van der Waals surface area contributed by atoms with Crippen LogP contribution in [0.1, 0.15) is 47.2 Å². The largest absolute Gasteiger partial charge is 0.463 e. The molecule has 2 heterocycles. The lowest BCUT2D eigenvalue weighted by Gasteiger charge is -2.49. The first-order valence-electron chi connectivity index (χ1n) is 24.0. The van der Waals surface area contributed by atoms with Crippen LogP contribution in [0.4, 0.5) is 0 Å². The molecule has 0 N–H and O–H groups in total. The lowest BCUT2D eigenvalue weighted by Crippen LogP contribution is -2.66. The third-order valence-electron chi connectivity index (χ3n) is 12.1. The van der Waals surface area contributed by atoms with Crippen molar-refractivity contribution in [2.45, 2.75) is 115 Å². The number of hydrogen-bond acceptors (Lipinski definition) is 13. The minimum atomic E-state index is -1.27. The Morgan fingerprint density at radius 1 is 0.338 bits per heavy atom. The van der Waals surface area contributed by atoms with Crippen molar-refractivity contribution in [3.05, 3.63) is 215 Å². The van der Waals surface area contributed by atoms with Crippen LogP contribution in [0.3, 0.4) is 0 Å². The Morgan fingerprint density at radius 2 is 0.563 bits per heavy atom. The lowest BCUT2D eigenvalue weighted by molar-refractivity contribution is -0.393. The Bertz CT molecular complexity index is 2280. The van der Waals surface area contributed by atoms with Crippen molar-refractivity contribution in [2.24, 2.45) is 0 Å². The molecule has 0 saturated carbocycles. The molecule has 0 radical (unpaired) electrons. The smallest absolute Gasteiger partial charge is 0.302 e. The number of benzene rings is 6. The molecule has 0 unspecified atom stereocenters. The highest BCUT2D eigenvalue weighted by atomic mass is 16.8. The van der Waals surface area contributed by atoms with Crippen molar-refractivity contribution in [3.8, 4) is 0 Å². The number of esters is 2. The van der Waals surface area contributed by atoms with Gasteiger partial charge in [0.25, 0.3) is 0 Å². The van der Waals surface area contributed by atoms with Crippen LogP contribution in [0.25, 0.3) is 0 Å². The average molecular weight is 967 g/mol. The fourth-order valence-electron chi connectivity index (χ4n) is 8.51. The van der Waals surface area contributed by atoms with Gasteiger partial charge in [-0.25, -0.2) is 0 Å². The molecule has 13 heteroatoms. The quantitative estimate of drug-likeness (QED) is 0.0535. The molecule has 2 aliphatic heterocycles. The topological polar surface area (TPSA) is 136 Å². The molecule has 0 aromatic heterocycles. The van der Waals surface area contributed by atoms with Crippen LogP contribution in [0.2, 0.25) is 0 Å². The Hall–Kier alpha value is -6.10. The van der Waals surface area contributed by atoms with Gasteiger partial charge in [0.2, 0.25) is 0 Å². The molecule has 372 valence electrons. The van der Waals surface area contributed by atoms with Gasteiger partial charge in [0.15, 0.2) is 12.6 Å².